The van der Waals surface area contributed by atoms with Gasteiger partial charge >= 0.3 is 162 Å². The van der Waals surface area contributed by atoms with E-state index in [1.54, 1.807) is 0 Å². The summed E-state index contributed by atoms with van der Waals surface area (Å²) in [5, 5.41) is 0. The maximum atomic E-state index is 2.45. The molecule has 0 amide bonds. The standard InChI is InChI=1S/C21H21N2Se2.C2H6/c1-3-22-16-10-5-7-12-18(16)24-20(22)14-9-15-21-23(4-2)17-11-6-8-13-19(17)25-21;1-2/h5-15H,3-4H2,1-2H3;1-2H3/q+1;. The van der Waals surface area contributed by atoms with Crippen molar-refractivity contribution < 1.29 is 4.57 Å². The average Bonchev–Trinajstić information content (AvgIpc) is 3.26. The molecule has 140 valence electrons. The second-order valence-corrected chi connectivity index (χ2v) is 10.3. The SMILES string of the molecule is CC.CCN1/C(=C\C=C\c2[se]c3ccccc3[n+]2CC)[Se]c2ccccc21. The number of aryl methyl sites for hydroxylation is 1. The first-order valence-electron chi connectivity index (χ1n) is 9.66. The van der Waals surface area contributed by atoms with Crippen LogP contribution >= 0.6 is 0 Å². The number of aromatic nitrogens is 1. The molecule has 0 N–H and O–H groups in total. The Morgan fingerprint density at radius 1 is 1.00 bits per heavy atom. The summed E-state index contributed by atoms with van der Waals surface area (Å²) in [5.74, 6) is 0. The molecule has 1 aliphatic rings. The van der Waals surface area contributed by atoms with Crippen molar-refractivity contribution in [2.24, 2.45) is 0 Å². The summed E-state index contributed by atoms with van der Waals surface area (Å²) in [6, 6.07) is 17.6. The van der Waals surface area contributed by atoms with E-state index in [4.69, 9.17) is 0 Å². The zero-order valence-electron chi connectivity index (χ0n) is 16.5. The fourth-order valence-corrected chi connectivity index (χ4v) is 8.00. The van der Waals surface area contributed by atoms with Crippen LogP contribution in [0.2, 0.25) is 0 Å². The topological polar surface area (TPSA) is 7.12 Å². The molecule has 1 aromatic heterocycles. The van der Waals surface area contributed by atoms with E-state index in [9.17, 15) is 0 Å². The Morgan fingerprint density at radius 2 is 1.74 bits per heavy atom. The molecule has 0 bridgehead atoms. The van der Waals surface area contributed by atoms with Crippen LogP contribution in [0.15, 0.2) is 65.3 Å². The molecule has 0 spiro atoms. The van der Waals surface area contributed by atoms with Crippen molar-refractivity contribution in [3.05, 3.63) is 69.8 Å². The van der Waals surface area contributed by atoms with Crippen LogP contribution in [0.1, 0.15) is 32.3 Å². The third kappa shape index (κ3) is 4.15. The van der Waals surface area contributed by atoms with E-state index in [0.29, 0.717) is 29.5 Å². The third-order valence-electron chi connectivity index (χ3n) is 4.38. The molecule has 4 heteroatoms. The number of para-hydroxylation sites is 2. The Balaban J connectivity index is 0.00000102. The summed E-state index contributed by atoms with van der Waals surface area (Å²) in [5.41, 5.74) is 2.79. The van der Waals surface area contributed by atoms with Gasteiger partial charge in [0.05, 0.1) is 0 Å². The van der Waals surface area contributed by atoms with E-state index in [0.717, 1.165) is 13.1 Å². The number of hydrogen-bond acceptors (Lipinski definition) is 1. The van der Waals surface area contributed by atoms with Crippen molar-refractivity contribution in [1.82, 2.24) is 0 Å². The van der Waals surface area contributed by atoms with Crippen LogP contribution in [-0.4, -0.2) is 36.0 Å². The molecule has 27 heavy (non-hydrogen) atoms. The predicted molar refractivity (Wildman–Crippen MR) is 120 cm³/mol. The number of benzene rings is 2. The summed E-state index contributed by atoms with van der Waals surface area (Å²) in [4.78, 5) is 2.45. The Bertz CT molecular complexity index is 969. The van der Waals surface area contributed by atoms with E-state index in [2.05, 4.69) is 90.1 Å². The Morgan fingerprint density at radius 3 is 2.52 bits per heavy atom. The molecule has 0 atom stereocenters. The number of hydrogen-bond donors (Lipinski definition) is 0. The number of rotatable bonds is 4. The molecule has 0 saturated heterocycles. The fraction of sp³-hybridized carbons (Fsp3) is 0.261. The maximum absolute atomic E-state index is 2.45. The molecule has 1 aliphatic heterocycles. The minimum absolute atomic E-state index is 0.413. The van der Waals surface area contributed by atoms with Crippen LogP contribution in [0.25, 0.3) is 15.9 Å². The van der Waals surface area contributed by atoms with E-state index >= 15 is 0 Å². The number of fused-ring (bicyclic) bond motifs is 2. The molecule has 2 aromatic carbocycles. The van der Waals surface area contributed by atoms with Crippen LogP contribution in [0, 0.1) is 0 Å². The van der Waals surface area contributed by atoms with Gasteiger partial charge in [-0.05, 0) is 0 Å². The van der Waals surface area contributed by atoms with Crippen molar-refractivity contribution in [2.75, 3.05) is 11.4 Å². The monoisotopic (exact) mass is 491 g/mol. The molecule has 4 rings (SSSR count). The van der Waals surface area contributed by atoms with Gasteiger partial charge in [-0.3, -0.25) is 0 Å². The van der Waals surface area contributed by atoms with Crippen LogP contribution < -0.4 is 13.9 Å². The predicted octanol–water partition coefficient (Wildman–Crippen LogP) is 3.95. The van der Waals surface area contributed by atoms with Crippen LogP contribution in [0.3, 0.4) is 0 Å². The molecule has 0 fully saturated rings. The molecule has 0 saturated carbocycles. The van der Waals surface area contributed by atoms with E-state index < -0.39 is 0 Å². The summed E-state index contributed by atoms with van der Waals surface area (Å²) < 4.78 is 8.36. The molecule has 0 aliphatic carbocycles. The summed E-state index contributed by atoms with van der Waals surface area (Å²) >= 11 is 0.825. The zero-order chi connectivity index (χ0) is 19.2. The van der Waals surface area contributed by atoms with Gasteiger partial charge in [-0.1, -0.05) is 13.8 Å². The van der Waals surface area contributed by atoms with Gasteiger partial charge in [-0.25, -0.2) is 0 Å². The Hall–Kier alpha value is -1.57. The zero-order valence-corrected chi connectivity index (χ0v) is 19.9. The molecule has 3 aromatic rings. The average molecular weight is 489 g/mol. The quantitative estimate of drug-likeness (QED) is 0.398. The van der Waals surface area contributed by atoms with E-state index in [1.807, 2.05) is 13.8 Å². The first-order chi connectivity index (χ1) is 13.3. The van der Waals surface area contributed by atoms with Crippen LogP contribution in [0.5, 0.6) is 0 Å². The molecular weight excluding hydrogens is 462 g/mol. The van der Waals surface area contributed by atoms with Crippen molar-refractivity contribution >= 4 is 55.5 Å². The van der Waals surface area contributed by atoms with Crippen molar-refractivity contribution in [3.8, 4) is 0 Å². The molecule has 0 unspecified atom stereocenters. The summed E-state index contributed by atoms with van der Waals surface area (Å²) in [6.07, 6.45) is 6.91. The van der Waals surface area contributed by atoms with Crippen molar-refractivity contribution in [2.45, 2.75) is 34.2 Å². The van der Waals surface area contributed by atoms with E-state index in [-0.39, 0.29) is 0 Å². The van der Waals surface area contributed by atoms with Gasteiger partial charge in [0.25, 0.3) is 0 Å². The van der Waals surface area contributed by atoms with Crippen LogP contribution in [0.4, 0.5) is 5.69 Å². The Labute approximate surface area is 175 Å². The normalized spacial score (nSPS) is 14.7. The second kappa shape index (κ2) is 9.57. The Kier molecular flexibility index (Phi) is 7.15. The molecular formula is C23H27N2Se2+. The van der Waals surface area contributed by atoms with Gasteiger partial charge in [-0.15, -0.1) is 0 Å². The number of allylic oxidation sites excluding steroid dienone is 2. The third-order valence-corrected chi connectivity index (χ3v) is 9.13. The van der Waals surface area contributed by atoms with Gasteiger partial charge in [0, 0.05) is 0 Å². The molecule has 2 heterocycles. The van der Waals surface area contributed by atoms with Gasteiger partial charge < -0.3 is 0 Å². The van der Waals surface area contributed by atoms with Gasteiger partial charge in [0.2, 0.25) is 0 Å². The second-order valence-electron chi connectivity index (χ2n) is 5.83. The summed E-state index contributed by atoms with van der Waals surface area (Å²) in [7, 11) is 0. The minimum atomic E-state index is 0.413. The fourth-order valence-electron chi connectivity index (χ4n) is 3.22. The first kappa shape index (κ1) is 20.2. The van der Waals surface area contributed by atoms with E-state index in [1.165, 1.54) is 29.1 Å². The first-order valence-corrected chi connectivity index (χ1v) is 13.1. The van der Waals surface area contributed by atoms with Gasteiger partial charge in [0.15, 0.2) is 0 Å². The van der Waals surface area contributed by atoms with Crippen molar-refractivity contribution in [3.63, 3.8) is 0 Å². The van der Waals surface area contributed by atoms with Crippen LogP contribution in [-0.2, 0) is 6.54 Å². The van der Waals surface area contributed by atoms with Gasteiger partial charge in [0.1, 0.15) is 0 Å². The molecule has 0 radical (unpaired) electrons. The number of nitrogens with zero attached hydrogens (tertiary/aromatic N) is 2. The summed E-state index contributed by atoms with van der Waals surface area (Å²) in [6.45, 7) is 10.5. The molecule has 2 nitrogen and oxygen atoms in total. The van der Waals surface area contributed by atoms with Gasteiger partial charge in [-0.2, -0.15) is 0 Å². The number of anilines is 1. The van der Waals surface area contributed by atoms with Crippen molar-refractivity contribution in [1.29, 1.82) is 0 Å².